The molecule has 2 amide bonds. The number of anilines is 2. The molecule has 2 aromatic carbocycles. The van der Waals surface area contributed by atoms with Gasteiger partial charge in [-0.3, -0.25) is 9.59 Å². The Morgan fingerprint density at radius 2 is 1.76 bits per heavy atom. The molecule has 10 heteroatoms. The number of carbonyl (C=O) groups is 3. The number of rotatable bonds is 7. The molecule has 0 unspecified atom stereocenters. The van der Waals surface area contributed by atoms with Gasteiger partial charge >= 0.3 is 5.97 Å². The summed E-state index contributed by atoms with van der Waals surface area (Å²) in [5.41, 5.74) is 1.65. The molecule has 0 saturated carbocycles. The zero-order valence-electron chi connectivity index (χ0n) is 18.0. The zero-order chi connectivity index (χ0) is 24.1. The van der Waals surface area contributed by atoms with Gasteiger partial charge in [0.15, 0.2) is 6.61 Å². The van der Waals surface area contributed by atoms with E-state index in [2.05, 4.69) is 10.6 Å². The van der Waals surface area contributed by atoms with Crippen molar-refractivity contribution < 1.29 is 23.9 Å². The highest BCUT2D eigenvalue weighted by Crippen LogP contribution is 2.35. The van der Waals surface area contributed by atoms with Crippen molar-refractivity contribution >= 4 is 63.0 Å². The molecular formula is C23H20Cl2N2O5S. The smallest absolute Gasteiger partial charge is 0.341 e. The number of hydrogen-bond donors (Lipinski definition) is 2. The molecule has 0 radical (unpaired) electrons. The molecule has 0 atom stereocenters. The molecule has 0 aliphatic carbocycles. The molecular weight excluding hydrogens is 487 g/mol. The highest BCUT2D eigenvalue weighted by atomic mass is 35.5. The Morgan fingerprint density at radius 1 is 1.03 bits per heavy atom. The maximum atomic E-state index is 12.9. The highest BCUT2D eigenvalue weighted by Gasteiger charge is 2.27. The molecule has 0 aliphatic rings. The van der Waals surface area contributed by atoms with Gasteiger partial charge in [0.25, 0.3) is 11.8 Å². The average molecular weight is 507 g/mol. The molecule has 0 fully saturated rings. The van der Waals surface area contributed by atoms with E-state index in [1.807, 2.05) is 19.1 Å². The second kappa shape index (κ2) is 10.7. The minimum absolute atomic E-state index is 0.0917. The van der Waals surface area contributed by atoms with Crippen LogP contribution in [0.4, 0.5) is 10.7 Å². The molecule has 0 spiro atoms. The van der Waals surface area contributed by atoms with Crippen LogP contribution in [0.2, 0.25) is 10.0 Å². The Balaban J connectivity index is 1.82. The number of esters is 1. The van der Waals surface area contributed by atoms with Crippen molar-refractivity contribution in [1.82, 2.24) is 0 Å². The minimum Gasteiger partial charge on any atom is -0.483 e. The summed E-state index contributed by atoms with van der Waals surface area (Å²) in [5.74, 6) is -1.11. The number of para-hydroxylation sites is 1. The second-order valence-corrected chi connectivity index (χ2v) is 8.80. The van der Waals surface area contributed by atoms with Crippen LogP contribution in [0, 0.1) is 13.8 Å². The van der Waals surface area contributed by atoms with Crippen molar-refractivity contribution in [3.8, 4) is 5.75 Å². The number of nitrogens with one attached hydrogen (secondary N) is 2. The topological polar surface area (TPSA) is 93.7 Å². The highest BCUT2D eigenvalue weighted by molar-refractivity contribution is 7.19. The lowest BCUT2D eigenvalue weighted by Crippen LogP contribution is -2.21. The summed E-state index contributed by atoms with van der Waals surface area (Å²) < 4.78 is 10.4. The molecule has 7 nitrogen and oxygen atoms in total. The third-order valence-corrected chi connectivity index (χ3v) is 6.40. The van der Waals surface area contributed by atoms with E-state index in [1.54, 1.807) is 31.2 Å². The van der Waals surface area contributed by atoms with Gasteiger partial charge in [0, 0.05) is 5.02 Å². The fourth-order valence-corrected chi connectivity index (χ4v) is 4.41. The third kappa shape index (κ3) is 5.84. The number of halogens is 2. The van der Waals surface area contributed by atoms with Crippen LogP contribution in [0.5, 0.6) is 5.75 Å². The summed E-state index contributed by atoms with van der Waals surface area (Å²) in [6.45, 7) is 3.18. The zero-order valence-corrected chi connectivity index (χ0v) is 20.3. The van der Waals surface area contributed by atoms with Crippen molar-refractivity contribution in [1.29, 1.82) is 0 Å². The van der Waals surface area contributed by atoms with Crippen LogP contribution in [0.15, 0.2) is 42.5 Å². The van der Waals surface area contributed by atoms with E-state index in [0.717, 1.165) is 16.9 Å². The SMILES string of the molecule is COC(=O)c1c(NC(=O)COc2ccccc2C)sc(C(=O)Nc2cc(Cl)ccc2Cl)c1C. The monoisotopic (exact) mass is 506 g/mol. The summed E-state index contributed by atoms with van der Waals surface area (Å²) in [6, 6.07) is 11.9. The number of benzene rings is 2. The number of hydrogen-bond acceptors (Lipinski definition) is 6. The average Bonchev–Trinajstić information content (AvgIpc) is 3.10. The Labute approximate surface area is 204 Å². The molecule has 0 saturated heterocycles. The van der Waals surface area contributed by atoms with Crippen LogP contribution in [0.3, 0.4) is 0 Å². The van der Waals surface area contributed by atoms with Crippen molar-refractivity contribution in [2.75, 3.05) is 24.4 Å². The molecule has 33 heavy (non-hydrogen) atoms. The maximum absolute atomic E-state index is 12.9. The third-order valence-electron chi connectivity index (χ3n) is 4.62. The Bertz CT molecular complexity index is 1230. The van der Waals surface area contributed by atoms with Crippen molar-refractivity contribution in [2.45, 2.75) is 13.8 Å². The van der Waals surface area contributed by atoms with E-state index in [-0.39, 0.29) is 22.0 Å². The van der Waals surface area contributed by atoms with E-state index in [4.69, 9.17) is 32.7 Å². The second-order valence-electron chi connectivity index (χ2n) is 6.93. The van der Waals surface area contributed by atoms with Crippen LogP contribution in [0.1, 0.15) is 31.2 Å². The van der Waals surface area contributed by atoms with E-state index in [0.29, 0.717) is 27.0 Å². The van der Waals surface area contributed by atoms with Gasteiger partial charge in [0.1, 0.15) is 10.8 Å². The molecule has 3 rings (SSSR count). The van der Waals surface area contributed by atoms with Crippen molar-refractivity contribution in [3.63, 3.8) is 0 Å². The predicted molar refractivity (Wildman–Crippen MR) is 130 cm³/mol. The van der Waals surface area contributed by atoms with Crippen LogP contribution in [-0.2, 0) is 9.53 Å². The van der Waals surface area contributed by atoms with Crippen LogP contribution < -0.4 is 15.4 Å². The fraction of sp³-hybridized carbons (Fsp3) is 0.174. The van der Waals surface area contributed by atoms with Gasteiger partial charge in [-0.1, -0.05) is 41.4 Å². The summed E-state index contributed by atoms with van der Waals surface area (Å²) in [7, 11) is 1.22. The number of methoxy groups -OCH3 is 1. The Kier molecular flexibility index (Phi) is 7.97. The normalized spacial score (nSPS) is 10.5. The first-order chi connectivity index (χ1) is 15.7. The fourth-order valence-electron chi connectivity index (χ4n) is 2.96. The minimum atomic E-state index is -0.682. The summed E-state index contributed by atoms with van der Waals surface area (Å²) in [5, 5.41) is 6.20. The summed E-state index contributed by atoms with van der Waals surface area (Å²) in [6.07, 6.45) is 0. The van der Waals surface area contributed by atoms with E-state index >= 15 is 0 Å². The maximum Gasteiger partial charge on any atom is 0.341 e. The molecule has 1 heterocycles. The lowest BCUT2D eigenvalue weighted by molar-refractivity contribution is -0.118. The lowest BCUT2D eigenvalue weighted by atomic mass is 10.1. The van der Waals surface area contributed by atoms with E-state index in [1.165, 1.54) is 13.2 Å². The number of thiophene rings is 1. The first-order valence-corrected chi connectivity index (χ1v) is 11.2. The van der Waals surface area contributed by atoms with Crippen LogP contribution >= 0.6 is 34.5 Å². The van der Waals surface area contributed by atoms with Gasteiger partial charge < -0.3 is 20.1 Å². The lowest BCUT2D eigenvalue weighted by Gasteiger charge is -2.09. The largest absolute Gasteiger partial charge is 0.483 e. The standard InChI is InChI=1S/C23H20Cl2N2O5S/c1-12-6-4-5-7-17(12)32-11-18(28)27-22-19(23(30)31-3)13(2)20(33-22)21(29)26-16-10-14(24)8-9-15(16)25/h4-10H,11H2,1-3H3,(H,26,29)(H,27,28). The van der Waals surface area contributed by atoms with E-state index < -0.39 is 17.8 Å². The molecule has 0 bridgehead atoms. The van der Waals surface area contributed by atoms with Gasteiger partial charge in [-0.25, -0.2) is 4.79 Å². The van der Waals surface area contributed by atoms with Gasteiger partial charge in [-0.2, -0.15) is 0 Å². The molecule has 2 N–H and O–H groups in total. The van der Waals surface area contributed by atoms with Gasteiger partial charge in [0.05, 0.1) is 28.3 Å². The Hall–Kier alpha value is -3.07. The number of ether oxygens (including phenoxy) is 2. The number of amides is 2. The van der Waals surface area contributed by atoms with Crippen molar-refractivity contribution in [2.24, 2.45) is 0 Å². The molecule has 172 valence electrons. The first-order valence-electron chi connectivity index (χ1n) is 9.67. The van der Waals surface area contributed by atoms with E-state index in [9.17, 15) is 14.4 Å². The van der Waals surface area contributed by atoms with Gasteiger partial charge in [-0.05, 0) is 49.2 Å². The van der Waals surface area contributed by atoms with Gasteiger partial charge in [-0.15, -0.1) is 11.3 Å². The molecule has 1 aromatic heterocycles. The summed E-state index contributed by atoms with van der Waals surface area (Å²) >= 11 is 13.1. The van der Waals surface area contributed by atoms with Crippen molar-refractivity contribution in [3.05, 3.63) is 74.1 Å². The quantitative estimate of drug-likeness (QED) is 0.399. The van der Waals surface area contributed by atoms with Crippen LogP contribution in [0.25, 0.3) is 0 Å². The Morgan fingerprint density at radius 3 is 2.45 bits per heavy atom. The van der Waals surface area contributed by atoms with Crippen LogP contribution in [-0.4, -0.2) is 31.5 Å². The van der Waals surface area contributed by atoms with Gasteiger partial charge in [0.2, 0.25) is 0 Å². The molecule has 3 aromatic rings. The molecule has 0 aliphatic heterocycles. The first kappa shape index (κ1) is 24.6. The number of carbonyl (C=O) groups excluding carboxylic acids is 3. The predicted octanol–water partition coefficient (Wildman–Crippen LogP) is 5.73. The number of aryl methyl sites for hydroxylation is 1. The summed E-state index contributed by atoms with van der Waals surface area (Å²) in [4.78, 5) is 38.0.